The topological polar surface area (TPSA) is 102 Å². The number of amides is 1. The molecule has 1 aromatic carbocycles. The van der Waals surface area contributed by atoms with Gasteiger partial charge in [-0.3, -0.25) is 9.59 Å². The molecule has 2 rings (SSSR count). The van der Waals surface area contributed by atoms with Gasteiger partial charge < -0.3 is 24.2 Å². The third kappa shape index (κ3) is 3.76. The van der Waals surface area contributed by atoms with E-state index >= 15 is 0 Å². The van der Waals surface area contributed by atoms with E-state index in [1.165, 1.54) is 18.1 Å². The number of aromatic hydroxyl groups is 1. The zero-order chi connectivity index (χ0) is 17.7. The number of nitrogens with zero attached hydrogens (tertiary/aromatic N) is 1. The van der Waals surface area contributed by atoms with Crippen LogP contribution >= 0.6 is 0 Å². The Morgan fingerprint density at radius 3 is 2.75 bits per heavy atom. The van der Waals surface area contributed by atoms with Gasteiger partial charge >= 0.3 is 11.9 Å². The SMILES string of the molecule is CCOC(=O)C1CN(C(=O)CCC(=O)OC)c2cccc(O)c2O1. The van der Waals surface area contributed by atoms with E-state index in [9.17, 15) is 19.5 Å². The van der Waals surface area contributed by atoms with Crippen LogP contribution in [0.25, 0.3) is 0 Å². The van der Waals surface area contributed by atoms with Gasteiger partial charge in [-0.05, 0) is 19.1 Å². The third-order valence-electron chi connectivity index (χ3n) is 3.49. The molecular formula is C16H19NO7. The van der Waals surface area contributed by atoms with Gasteiger partial charge in [-0.15, -0.1) is 0 Å². The Morgan fingerprint density at radius 1 is 1.33 bits per heavy atom. The lowest BCUT2D eigenvalue weighted by Crippen LogP contribution is -2.47. The zero-order valence-corrected chi connectivity index (χ0v) is 13.5. The predicted octanol–water partition coefficient (Wildman–Crippen LogP) is 1.00. The van der Waals surface area contributed by atoms with Crippen molar-refractivity contribution in [2.45, 2.75) is 25.9 Å². The maximum atomic E-state index is 12.4. The summed E-state index contributed by atoms with van der Waals surface area (Å²) in [5, 5.41) is 9.95. The van der Waals surface area contributed by atoms with E-state index in [-0.39, 0.29) is 43.4 Å². The van der Waals surface area contributed by atoms with E-state index in [1.807, 2.05) is 0 Å². The van der Waals surface area contributed by atoms with Gasteiger partial charge in [-0.2, -0.15) is 0 Å². The number of fused-ring (bicyclic) bond motifs is 1. The first kappa shape index (κ1) is 17.6. The van der Waals surface area contributed by atoms with Gasteiger partial charge in [0.15, 0.2) is 11.5 Å². The average molecular weight is 337 g/mol. The molecule has 0 saturated heterocycles. The van der Waals surface area contributed by atoms with Gasteiger partial charge in [0.05, 0.1) is 32.4 Å². The average Bonchev–Trinajstić information content (AvgIpc) is 2.59. The van der Waals surface area contributed by atoms with Crippen molar-refractivity contribution in [2.24, 2.45) is 0 Å². The van der Waals surface area contributed by atoms with E-state index in [0.29, 0.717) is 5.69 Å². The molecule has 0 bridgehead atoms. The third-order valence-corrected chi connectivity index (χ3v) is 3.49. The van der Waals surface area contributed by atoms with Crippen LogP contribution < -0.4 is 9.64 Å². The number of methoxy groups -OCH3 is 1. The number of rotatable bonds is 5. The standard InChI is InChI=1S/C16H19NO7/c1-3-23-16(21)12-9-17(13(19)7-8-14(20)22-2)10-5-4-6-11(18)15(10)24-12/h4-6,12,18H,3,7-9H2,1-2H3. The van der Waals surface area contributed by atoms with Crippen LogP contribution in [0.4, 0.5) is 5.69 Å². The minimum atomic E-state index is -1.05. The van der Waals surface area contributed by atoms with Crippen LogP contribution in [0.2, 0.25) is 0 Å². The van der Waals surface area contributed by atoms with Crippen molar-refractivity contribution in [3.05, 3.63) is 18.2 Å². The zero-order valence-electron chi connectivity index (χ0n) is 13.5. The van der Waals surface area contributed by atoms with Crippen LogP contribution in [-0.4, -0.2) is 49.3 Å². The fourth-order valence-corrected chi connectivity index (χ4v) is 2.33. The Morgan fingerprint density at radius 2 is 2.08 bits per heavy atom. The number of benzene rings is 1. The highest BCUT2D eigenvalue weighted by atomic mass is 16.6. The van der Waals surface area contributed by atoms with Gasteiger partial charge in [-0.1, -0.05) is 6.07 Å². The molecule has 0 fully saturated rings. The number of carbonyl (C=O) groups is 3. The highest BCUT2D eigenvalue weighted by molar-refractivity contribution is 5.98. The molecule has 1 N–H and O–H groups in total. The normalized spacial score (nSPS) is 15.9. The fraction of sp³-hybridized carbons (Fsp3) is 0.438. The molecule has 1 aromatic rings. The summed E-state index contributed by atoms with van der Waals surface area (Å²) in [5.41, 5.74) is 0.338. The summed E-state index contributed by atoms with van der Waals surface area (Å²) in [6.07, 6.45) is -1.21. The van der Waals surface area contributed by atoms with E-state index in [0.717, 1.165) is 0 Å². The second-order valence-corrected chi connectivity index (χ2v) is 5.06. The van der Waals surface area contributed by atoms with Crippen molar-refractivity contribution in [3.63, 3.8) is 0 Å². The van der Waals surface area contributed by atoms with Crippen LogP contribution in [0.15, 0.2) is 18.2 Å². The highest BCUT2D eigenvalue weighted by Crippen LogP contribution is 2.41. The number of anilines is 1. The molecule has 1 aliphatic rings. The number of para-hydroxylation sites is 1. The summed E-state index contributed by atoms with van der Waals surface area (Å²) < 4.78 is 14.9. The lowest BCUT2D eigenvalue weighted by atomic mass is 10.1. The lowest BCUT2D eigenvalue weighted by molar-refractivity contribution is -0.151. The summed E-state index contributed by atoms with van der Waals surface area (Å²) in [7, 11) is 1.24. The number of hydrogen-bond acceptors (Lipinski definition) is 7. The molecule has 0 aromatic heterocycles. The summed E-state index contributed by atoms with van der Waals surface area (Å²) in [6.45, 7) is 1.77. The van der Waals surface area contributed by atoms with Crippen molar-refractivity contribution in [3.8, 4) is 11.5 Å². The second kappa shape index (κ2) is 7.67. The highest BCUT2D eigenvalue weighted by Gasteiger charge is 2.36. The van der Waals surface area contributed by atoms with Crippen LogP contribution in [-0.2, 0) is 23.9 Å². The van der Waals surface area contributed by atoms with E-state index in [2.05, 4.69) is 4.74 Å². The summed E-state index contributed by atoms with van der Waals surface area (Å²) in [6, 6.07) is 4.54. The van der Waals surface area contributed by atoms with E-state index in [1.54, 1.807) is 19.1 Å². The molecule has 1 aliphatic heterocycles. The van der Waals surface area contributed by atoms with Crippen LogP contribution in [0, 0.1) is 0 Å². The quantitative estimate of drug-likeness (QED) is 0.800. The molecule has 1 unspecified atom stereocenters. The van der Waals surface area contributed by atoms with Crippen molar-refractivity contribution in [2.75, 3.05) is 25.2 Å². The molecule has 8 heteroatoms. The fourth-order valence-electron chi connectivity index (χ4n) is 2.33. The maximum absolute atomic E-state index is 12.4. The first-order valence-electron chi connectivity index (χ1n) is 7.50. The summed E-state index contributed by atoms with van der Waals surface area (Å²) in [5.74, 6) is -1.67. The van der Waals surface area contributed by atoms with Gasteiger partial charge in [-0.25, -0.2) is 4.79 Å². The monoisotopic (exact) mass is 337 g/mol. The molecule has 1 heterocycles. The van der Waals surface area contributed by atoms with Gasteiger partial charge in [0.25, 0.3) is 0 Å². The minimum absolute atomic E-state index is 0.0354. The van der Waals surface area contributed by atoms with E-state index < -0.39 is 18.0 Å². The van der Waals surface area contributed by atoms with Gasteiger partial charge in [0, 0.05) is 6.42 Å². The number of hydrogen-bond donors (Lipinski definition) is 1. The number of phenolic OH excluding ortho intramolecular Hbond substituents is 1. The van der Waals surface area contributed by atoms with Crippen LogP contribution in [0.5, 0.6) is 11.5 Å². The van der Waals surface area contributed by atoms with Crippen LogP contribution in [0.3, 0.4) is 0 Å². The minimum Gasteiger partial charge on any atom is -0.504 e. The molecule has 0 saturated carbocycles. The Labute approximate surface area is 138 Å². The Kier molecular flexibility index (Phi) is 5.62. The molecule has 0 aliphatic carbocycles. The summed E-state index contributed by atoms with van der Waals surface area (Å²) >= 11 is 0. The van der Waals surface area contributed by atoms with Gasteiger partial charge in [0.1, 0.15) is 0 Å². The number of phenols is 1. The maximum Gasteiger partial charge on any atom is 0.349 e. The van der Waals surface area contributed by atoms with Gasteiger partial charge in [0.2, 0.25) is 12.0 Å². The molecule has 8 nitrogen and oxygen atoms in total. The molecule has 24 heavy (non-hydrogen) atoms. The molecule has 0 radical (unpaired) electrons. The van der Waals surface area contributed by atoms with Crippen molar-refractivity contribution in [1.29, 1.82) is 0 Å². The van der Waals surface area contributed by atoms with Crippen LogP contribution in [0.1, 0.15) is 19.8 Å². The van der Waals surface area contributed by atoms with Crippen molar-refractivity contribution >= 4 is 23.5 Å². The van der Waals surface area contributed by atoms with Crippen molar-refractivity contribution < 1.29 is 33.7 Å². The Bertz CT molecular complexity index is 643. The molecule has 1 amide bonds. The summed E-state index contributed by atoms with van der Waals surface area (Å²) in [4.78, 5) is 36.9. The first-order valence-corrected chi connectivity index (χ1v) is 7.50. The molecule has 1 atom stereocenters. The smallest absolute Gasteiger partial charge is 0.349 e. The largest absolute Gasteiger partial charge is 0.504 e. The lowest BCUT2D eigenvalue weighted by Gasteiger charge is -2.34. The van der Waals surface area contributed by atoms with E-state index in [4.69, 9.17) is 9.47 Å². The second-order valence-electron chi connectivity index (χ2n) is 5.06. The molecule has 0 spiro atoms. The number of ether oxygens (including phenoxy) is 3. The molecular weight excluding hydrogens is 318 g/mol. The first-order chi connectivity index (χ1) is 11.5. The number of carbonyl (C=O) groups excluding carboxylic acids is 3. The number of esters is 2. The Hall–Kier alpha value is -2.77. The predicted molar refractivity (Wildman–Crippen MR) is 82.8 cm³/mol. The van der Waals surface area contributed by atoms with Crippen molar-refractivity contribution in [1.82, 2.24) is 0 Å². The Balaban J connectivity index is 2.25. The molecule has 130 valence electrons.